The minimum absolute atomic E-state index is 0.121. The van der Waals surface area contributed by atoms with Crippen LogP contribution in [-0.2, 0) is 9.53 Å². The number of likely N-dealkylation sites (N-methyl/N-ethyl adjacent to an activating group) is 1. The van der Waals surface area contributed by atoms with Crippen molar-refractivity contribution >= 4 is 11.9 Å². The lowest BCUT2D eigenvalue weighted by atomic mass is 10.2. The third-order valence-corrected chi connectivity index (χ3v) is 2.92. The van der Waals surface area contributed by atoms with Gasteiger partial charge in [-0.25, -0.2) is 4.79 Å². The van der Waals surface area contributed by atoms with Gasteiger partial charge in [-0.2, -0.15) is 5.26 Å². The van der Waals surface area contributed by atoms with Crippen LogP contribution in [0.3, 0.4) is 0 Å². The van der Waals surface area contributed by atoms with Crippen molar-refractivity contribution in [2.45, 2.75) is 6.42 Å². The molecule has 0 saturated carbocycles. The minimum Gasteiger partial charge on any atom is -0.454 e. The van der Waals surface area contributed by atoms with Gasteiger partial charge in [-0.15, -0.1) is 0 Å². The summed E-state index contributed by atoms with van der Waals surface area (Å²) >= 11 is 0. The fraction of sp³-hybridized carbons (Fsp3) is 0.357. The molecule has 1 aromatic rings. The molecule has 0 aliphatic carbocycles. The number of rotatable bonds is 5. The zero-order valence-electron chi connectivity index (χ0n) is 11.5. The molecule has 0 aromatic heterocycles. The summed E-state index contributed by atoms with van der Waals surface area (Å²) in [6.07, 6.45) is 0.234. The number of carbonyl (C=O) groups excluding carboxylic acids is 2. The fourth-order valence-electron chi connectivity index (χ4n) is 1.69. The van der Waals surface area contributed by atoms with Crippen molar-refractivity contribution in [2.75, 3.05) is 27.0 Å². The second-order valence-electron chi connectivity index (χ2n) is 4.37. The van der Waals surface area contributed by atoms with Crippen LogP contribution < -0.4 is 9.47 Å². The highest BCUT2D eigenvalue weighted by Crippen LogP contribution is 2.32. The van der Waals surface area contributed by atoms with E-state index in [0.717, 1.165) is 0 Å². The van der Waals surface area contributed by atoms with Crippen LogP contribution in [0.5, 0.6) is 11.5 Å². The quantitative estimate of drug-likeness (QED) is 0.750. The summed E-state index contributed by atoms with van der Waals surface area (Å²) < 4.78 is 15.2. The molecule has 0 N–H and O–H groups in total. The lowest BCUT2D eigenvalue weighted by Gasteiger charge is -2.15. The van der Waals surface area contributed by atoms with Crippen molar-refractivity contribution in [3.63, 3.8) is 0 Å². The number of fused-ring (bicyclic) bond motifs is 1. The van der Waals surface area contributed by atoms with Gasteiger partial charge in [0.1, 0.15) is 0 Å². The largest absolute Gasteiger partial charge is 0.454 e. The van der Waals surface area contributed by atoms with Crippen LogP contribution in [0.25, 0.3) is 0 Å². The van der Waals surface area contributed by atoms with Crippen molar-refractivity contribution in [1.29, 1.82) is 5.26 Å². The Morgan fingerprint density at radius 1 is 1.38 bits per heavy atom. The predicted molar refractivity (Wildman–Crippen MR) is 70.7 cm³/mol. The van der Waals surface area contributed by atoms with E-state index in [1.54, 1.807) is 19.2 Å². The van der Waals surface area contributed by atoms with Crippen LogP contribution >= 0.6 is 0 Å². The number of carbonyl (C=O) groups is 2. The van der Waals surface area contributed by atoms with Gasteiger partial charge in [0, 0.05) is 13.6 Å². The highest BCUT2D eigenvalue weighted by atomic mass is 16.7. The van der Waals surface area contributed by atoms with E-state index >= 15 is 0 Å². The Balaban J connectivity index is 1.87. The molecule has 1 aliphatic heterocycles. The number of amides is 1. The molecule has 0 radical (unpaired) electrons. The molecular formula is C14H14N2O5. The SMILES string of the molecule is CN(CCC#N)C(=O)COC(=O)c1ccc2c(c1)OCO2. The highest BCUT2D eigenvalue weighted by molar-refractivity contribution is 5.92. The predicted octanol–water partition coefficient (Wildman–Crippen LogP) is 0.944. The van der Waals surface area contributed by atoms with Crippen molar-refractivity contribution in [3.8, 4) is 17.6 Å². The monoisotopic (exact) mass is 290 g/mol. The molecular weight excluding hydrogens is 276 g/mol. The maximum Gasteiger partial charge on any atom is 0.338 e. The van der Waals surface area contributed by atoms with E-state index in [4.69, 9.17) is 19.5 Å². The summed E-state index contributed by atoms with van der Waals surface area (Å²) in [5.74, 6) is 0.0652. The third-order valence-electron chi connectivity index (χ3n) is 2.92. The molecule has 0 spiro atoms. The van der Waals surface area contributed by atoms with E-state index in [9.17, 15) is 9.59 Å². The van der Waals surface area contributed by atoms with Crippen molar-refractivity contribution in [2.24, 2.45) is 0 Å². The second-order valence-corrected chi connectivity index (χ2v) is 4.37. The van der Waals surface area contributed by atoms with Gasteiger partial charge in [0.25, 0.3) is 5.91 Å². The number of nitrogens with zero attached hydrogens (tertiary/aromatic N) is 2. The second kappa shape index (κ2) is 6.61. The maximum absolute atomic E-state index is 11.8. The average molecular weight is 290 g/mol. The number of hydrogen-bond acceptors (Lipinski definition) is 6. The van der Waals surface area contributed by atoms with Crippen LogP contribution in [0.1, 0.15) is 16.8 Å². The van der Waals surface area contributed by atoms with Crippen molar-refractivity contribution in [3.05, 3.63) is 23.8 Å². The highest BCUT2D eigenvalue weighted by Gasteiger charge is 2.18. The first-order chi connectivity index (χ1) is 10.1. The minimum atomic E-state index is -0.615. The van der Waals surface area contributed by atoms with Gasteiger partial charge in [0.2, 0.25) is 6.79 Å². The van der Waals surface area contributed by atoms with Gasteiger partial charge in [-0.1, -0.05) is 0 Å². The van der Waals surface area contributed by atoms with Crippen molar-refractivity contribution < 1.29 is 23.8 Å². The van der Waals surface area contributed by atoms with Crippen molar-refractivity contribution in [1.82, 2.24) is 4.90 Å². The van der Waals surface area contributed by atoms with Crippen LogP contribution in [-0.4, -0.2) is 43.8 Å². The Labute approximate surface area is 121 Å². The molecule has 0 atom stereocenters. The number of esters is 1. The molecule has 110 valence electrons. The summed E-state index contributed by atoms with van der Waals surface area (Å²) in [6, 6.07) is 6.60. The van der Waals surface area contributed by atoms with Gasteiger partial charge < -0.3 is 19.1 Å². The molecule has 1 aliphatic rings. The Hall–Kier alpha value is -2.75. The Bertz CT molecular complexity index is 594. The molecule has 21 heavy (non-hydrogen) atoms. The van der Waals surface area contributed by atoms with Gasteiger partial charge in [-0.3, -0.25) is 4.79 Å². The smallest absolute Gasteiger partial charge is 0.338 e. The average Bonchev–Trinajstić information content (AvgIpc) is 2.97. The first kappa shape index (κ1) is 14.7. The topological polar surface area (TPSA) is 88.9 Å². The zero-order chi connectivity index (χ0) is 15.2. The standard InChI is InChI=1S/C14H14N2O5/c1-16(6-2-5-15)13(17)8-19-14(18)10-3-4-11-12(7-10)21-9-20-11/h3-4,7H,2,6,8-9H2,1H3. The van der Waals surface area contributed by atoms with E-state index in [1.165, 1.54) is 11.0 Å². The summed E-state index contributed by atoms with van der Waals surface area (Å²) in [4.78, 5) is 24.9. The lowest BCUT2D eigenvalue weighted by molar-refractivity contribution is -0.133. The molecule has 7 heteroatoms. The normalized spacial score (nSPS) is 11.6. The van der Waals surface area contributed by atoms with E-state index in [2.05, 4.69) is 0 Å². The Morgan fingerprint density at radius 3 is 2.90 bits per heavy atom. The van der Waals surface area contributed by atoms with Gasteiger partial charge >= 0.3 is 5.97 Å². The third kappa shape index (κ3) is 3.63. The Kier molecular flexibility index (Phi) is 4.61. The fourth-order valence-corrected chi connectivity index (χ4v) is 1.69. The van der Waals surface area contributed by atoms with Crippen LogP contribution in [0.2, 0.25) is 0 Å². The molecule has 1 amide bonds. The summed E-state index contributed by atoms with van der Waals surface area (Å²) in [6.45, 7) is 0.0577. The zero-order valence-corrected chi connectivity index (χ0v) is 11.5. The van der Waals surface area contributed by atoms with E-state index < -0.39 is 5.97 Å². The summed E-state index contributed by atoms with van der Waals surface area (Å²) in [7, 11) is 1.55. The molecule has 7 nitrogen and oxygen atoms in total. The number of hydrogen-bond donors (Lipinski definition) is 0. The number of ether oxygens (including phenoxy) is 3. The maximum atomic E-state index is 11.8. The first-order valence-corrected chi connectivity index (χ1v) is 6.29. The molecule has 0 fully saturated rings. The number of benzene rings is 1. The summed E-state index contributed by atoms with van der Waals surface area (Å²) in [5, 5.41) is 8.45. The number of nitriles is 1. The van der Waals surface area contributed by atoms with Gasteiger partial charge in [0.15, 0.2) is 18.1 Å². The molecule has 0 bridgehead atoms. The lowest BCUT2D eigenvalue weighted by Crippen LogP contribution is -2.31. The Morgan fingerprint density at radius 2 is 2.14 bits per heavy atom. The molecule has 1 heterocycles. The summed E-state index contributed by atoms with van der Waals surface area (Å²) in [5.41, 5.74) is 0.284. The van der Waals surface area contributed by atoms with E-state index in [-0.39, 0.29) is 31.3 Å². The molecule has 0 unspecified atom stereocenters. The van der Waals surface area contributed by atoms with Gasteiger partial charge in [-0.05, 0) is 18.2 Å². The van der Waals surface area contributed by atoms with Crippen LogP contribution in [0.15, 0.2) is 18.2 Å². The van der Waals surface area contributed by atoms with Crippen LogP contribution in [0.4, 0.5) is 0 Å². The first-order valence-electron chi connectivity index (χ1n) is 6.29. The molecule has 1 aromatic carbocycles. The van der Waals surface area contributed by atoms with E-state index in [0.29, 0.717) is 18.0 Å². The molecule has 2 rings (SSSR count). The van der Waals surface area contributed by atoms with Gasteiger partial charge in [0.05, 0.1) is 18.1 Å². The molecule has 0 saturated heterocycles. The van der Waals surface area contributed by atoms with E-state index in [1.807, 2.05) is 6.07 Å². The van der Waals surface area contributed by atoms with Crippen LogP contribution in [0, 0.1) is 11.3 Å².